The van der Waals surface area contributed by atoms with Crippen LogP contribution in [0.3, 0.4) is 0 Å². The first-order valence-electron chi connectivity index (χ1n) is 6.88. The molecule has 2 atom stereocenters. The summed E-state index contributed by atoms with van der Waals surface area (Å²) in [6.07, 6.45) is 0.838. The van der Waals surface area contributed by atoms with Crippen LogP contribution in [0.1, 0.15) is 36.2 Å². The predicted octanol–water partition coefficient (Wildman–Crippen LogP) is 4.26. The van der Waals surface area contributed by atoms with Gasteiger partial charge in [0, 0.05) is 10.7 Å². The number of Topliss-reactive ketones (excluding diaryl/α,β-unsaturated/α-hetero) is 1. The first-order valence-corrected chi connectivity index (χ1v) is 7.46. The Morgan fingerprint density at radius 2 is 1.43 bits per heavy atom. The van der Waals surface area contributed by atoms with Crippen molar-refractivity contribution in [1.82, 2.24) is 0 Å². The van der Waals surface area contributed by atoms with Crippen LogP contribution in [0.5, 0.6) is 0 Å². The molecule has 0 heterocycles. The Bertz CT molecular complexity index is 511. The topological polar surface area (TPSA) is 17.1 Å². The fraction of sp³-hybridized carbons (Fsp3) is 0.278. The van der Waals surface area contributed by atoms with Gasteiger partial charge in [-0.15, -0.1) is 9.24 Å². The summed E-state index contributed by atoms with van der Waals surface area (Å²) in [6, 6.07) is 19.7. The Labute approximate surface area is 142 Å². The zero-order valence-electron chi connectivity index (χ0n) is 12.5. The molecule has 0 saturated heterocycles. The summed E-state index contributed by atoms with van der Waals surface area (Å²) in [5, 5.41) is -0.327. The van der Waals surface area contributed by atoms with E-state index in [2.05, 4.69) is 9.24 Å². The van der Waals surface area contributed by atoms with E-state index in [9.17, 15) is 4.79 Å². The second-order valence-electron chi connectivity index (χ2n) is 5.07. The van der Waals surface area contributed by atoms with E-state index in [1.54, 1.807) is 0 Å². The maximum atomic E-state index is 12.1. The summed E-state index contributed by atoms with van der Waals surface area (Å²) < 4.78 is 0. The molecular weight excluding hydrogens is 270 g/mol. The van der Waals surface area contributed by atoms with E-state index in [0.29, 0.717) is 0 Å². The summed E-state index contributed by atoms with van der Waals surface area (Å²) in [5.74, 6) is 0.211. The number of carbonyl (C=O) groups is 1. The monoisotopic (exact) mass is 294 g/mol. The third-order valence-electron chi connectivity index (χ3n) is 3.31. The number of hydrogen-bond donors (Lipinski definition) is 0. The Hall–Kier alpha value is -0.863. The summed E-state index contributed by atoms with van der Waals surface area (Å²) in [5.41, 5.74) is 1.89. The van der Waals surface area contributed by atoms with Gasteiger partial charge in [0.05, 0.1) is 0 Å². The third kappa shape index (κ3) is 6.62. The Morgan fingerprint density at radius 3 is 1.81 bits per heavy atom. The summed E-state index contributed by atoms with van der Waals surface area (Å²) in [6.45, 7) is 5.97. The summed E-state index contributed by atoms with van der Waals surface area (Å²) >= 11 is 0. The molecule has 1 nitrogen and oxygen atoms in total. The molecule has 2 aromatic rings. The van der Waals surface area contributed by atoms with E-state index in [-0.39, 0.29) is 29.8 Å². The molecule has 0 aliphatic carbocycles. The van der Waals surface area contributed by atoms with Gasteiger partial charge in [-0.3, -0.25) is 4.79 Å². The van der Waals surface area contributed by atoms with Gasteiger partial charge in [0.1, 0.15) is 0 Å². The predicted molar refractivity (Wildman–Crippen MR) is 97.5 cm³/mol. The zero-order valence-corrected chi connectivity index (χ0v) is 13.6. The number of carbonyl (C=O) groups excluding carboxylic acids is 1. The first kappa shape index (κ1) is 20.1. The van der Waals surface area contributed by atoms with Crippen molar-refractivity contribution in [3.05, 3.63) is 71.8 Å². The second kappa shape index (κ2) is 9.96. The Kier molecular flexibility index (Phi) is 9.55. The fourth-order valence-electron chi connectivity index (χ4n) is 1.68. The standard InChI is InChI=1S/C12H17OP.C6H6.Li.H/c1-4-12(3,14)11(13)10-8-6-5-7-9(10)2;1-2-4-6-5-3-1;;/h5-8H,4,14H2,1-3H3;1-6H;;. The molecule has 0 amide bonds. The molecule has 2 unspecified atom stereocenters. The van der Waals surface area contributed by atoms with Crippen molar-refractivity contribution < 1.29 is 4.79 Å². The van der Waals surface area contributed by atoms with Crippen LogP contribution in [-0.4, -0.2) is 29.8 Å². The van der Waals surface area contributed by atoms with Gasteiger partial charge in [0.15, 0.2) is 5.78 Å². The Morgan fingerprint density at radius 1 is 1.00 bits per heavy atom. The fourth-order valence-corrected chi connectivity index (χ4v) is 1.84. The van der Waals surface area contributed by atoms with E-state index in [0.717, 1.165) is 17.5 Å². The van der Waals surface area contributed by atoms with Gasteiger partial charge >= 0.3 is 18.9 Å². The normalized spacial score (nSPS) is 12.2. The average molecular weight is 294 g/mol. The summed E-state index contributed by atoms with van der Waals surface area (Å²) in [7, 11) is 2.65. The second-order valence-corrected chi connectivity index (χ2v) is 6.34. The van der Waals surface area contributed by atoms with Gasteiger partial charge in [0.2, 0.25) is 0 Å². The van der Waals surface area contributed by atoms with E-state index >= 15 is 0 Å². The van der Waals surface area contributed by atoms with Crippen LogP contribution >= 0.6 is 9.24 Å². The molecule has 108 valence electrons. The number of ketones is 1. The minimum atomic E-state index is -0.327. The number of aryl methyl sites for hydroxylation is 1. The molecule has 0 N–H and O–H groups in total. The molecule has 2 rings (SSSR count). The quantitative estimate of drug-likeness (QED) is 0.469. The zero-order chi connectivity index (χ0) is 15.0. The minimum Gasteiger partial charge on any atom is -0.0623 e. The molecule has 0 aliphatic rings. The van der Waals surface area contributed by atoms with Gasteiger partial charge in [0.25, 0.3) is 0 Å². The van der Waals surface area contributed by atoms with Gasteiger partial charge < -0.3 is 0 Å². The van der Waals surface area contributed by atoms with Gasteiger partial charge in [-0.05, 0) is 25.8 Å². The van der Waals surface area contributed by atoms with Crippen molar-refractivity contribution in [1.29, 1.82) is 0 Å². The molecule has 0 aliphatic heterocycles. The minimum absolute atomic E-state index is 0. The van der Waals surface area contributed by atoms with Crippen molar-refractivity contribution in [3.63, 3.8) is 0 Å². The molecule has 0 fully saturated rings. The molecule has 0 saturated carbocycles. The van der Waals surface area contributed by atoms with Crippen molar-refractivity contribution >= 4 is 33.9 Å². The van der Waals surface area contributed by atoms with E-state index in [1.165, 1.54) is 0 Å². The molecule has 21 heavy (non-hydrogen) atoms. The van der Waals surface area contributed by atoms with Crippen LogP contribution in [0.2, 0.25) is 0 Å². The number of benzene rings is 2. The molecule has 2 aromatic carbocycles. The van der Waals surface area contributed by atoms with E-state index < -0.39 is 0 Å². The Balaban J connectivity index is 0.000000480. The first-order chi connectivity index (χ1) is 9.49. The smallest absolute Gasteiger partial charge is 0.0623 e. The molecule has 3 heteroatoms. The van der Waals surface area contributed by atoms with Crippen LogP contribution < -0.4 is 0 Å². The maximum Gasteiger partial charge on any atom is -0.0623 e. The van der Waals surface area contributed by atoms with E-state index in [1.807, 2.05) is 81.4 Å². The van der Waals surface area contributed by atoms with Gasteiger partial charge in [-0.25, -0.2) is 0 Å². The van der Waals surface area contributed by atoms with Crippen LogP contribution in [0, 0.1) is 6.92 Å². The van der Waals surface area contributed by atoms with Crippen LogP contribution in [0.25, 0.3) is 0 Å². The maximum absolute atomic E-state index is 12.1. The molecule has 0 aromatic heterocycles. The van der Waals surface area contributed by atoms with Crippen molar-refractivity contribution in [2.45, 2.75) is 32.3 Å². The largest absolute Gasteiger partial charge is 0.0623 e. The van der Waals surface area contributed by atoms with Gasteiger partial charge in [-0.1, -0.05) is 67.6 Å². The molecular formula is C18H24LiOP. The molecule has 0 bridgehead atoms. The SMILES string of the molecule is CCC(C)(P)C(=O)c1ccccc1C.[LiH].c1ccccc1. The average Bonchev–Trinajstić information content (AvgIpc) is 2.49. The molecule has 0 spiro atoms. The van der Waals surface area contributed by atoms with Crippen molar-refractivity contribution in [2.75, 3.05) is 0 Å². The van der Waals surface area contributed by atoms with Crippen molar-refractivity contribution in [2.24, 2.45) is 0 Å². The number of rotatable bonds is 3. The summed E-state index contributed by atoms with van der Waals surface area (Å²) in [4.78, 5) is 12.1. The van der Waals surface area contributed by atoms with Gasteiger partial charge in [-0.2, -0.15) is 0 Å². The van der Waals surface area contributed by atoms with Crippen LogP contribution in [-0.2, 0) is 0 Å². The van der Waals surface area contributed by atoms with E-state index in [4.69, 9.17) is 0 Å². The third-order valence-corrected chi connectivity index (χ3v) is 3.98. The van der Waals surface area contributed by atoms with Crippen LogP contribution in [0.15, 0.2) is 60.7 Å². The van der Waals surface area contributed by atoms with Crippen LogP contribution in [0.4, 0.5) is 0 Å². The van der Waals surface area contributed by atoms with Crippen molar-refractivity contribution in [3.8, 4) is 0 Å². The molecule has 0 radical (unpaired) electrons. The number of hydrogen-bond acceptors (Lipinski definition) is 1.